The number of nitrogens with zero attached hydrogens (tertiary/aromatic N) is 6. The maximum Gasteiger partial charge on any atom is 0.244 e. The fourth-order valence-corrected chi connectivity index (χ4v) is 4.45. The molecule has 2 aliphatic heterocycles. The molecule has 2 saturated heterocycles. The summed E-state index contributed by atoms with van der Waals surface area (Å²) in [5.74, 6) is 1.02. The van der Waals surface area contributed by atoms with Gasteiger partial charge in [-0.1, -0.05) is 0 Å². The number of aryl methyl sites for hydroxylation is 1. The number of anilines is 1. The molecule has 1 atom stereocenters. The van der Waals surface area contributed by atoms with Crippen molar-refractivity contribution in [3.63, 3.8) is 0 Å². The van der Waals surface area contributed by atoms with E-state index < -0.39 is 0 Å². The third-order valence-corrected chi connectivity index (χ3v) is 6.04. The molecule has 0 saturated carbocycles. The second-order valence-corrected chi connectivity index (χ2v) is 7.77. The summed E-state index contributed by atoms with van der Waals surface area (Å²) in [6.07, 6.45) is 8.94. The van der Waals surface area contributed by atoms with Crippen LogP contribution < -0.4 is 4.90 Å². The van der Waals surface area contributed by atoms with Gasteiger partial charge in [-0.15, -0.1) is 0 Å². The molecule has 8 nitrogen and oxygen atoms in total. The fraction of sp³-hybridized carbons (Fsp3) is 0.579. The highest BCUT2D eigenvalue weighted by Crippen LogP contribution is 2.45. The Hall–Kier alpha value is -2.48. The van der Waals surface area contributed by atoms with Crippen LogP contribution in [-0.2, 0) is 11.3 Å². The number of amides is 1. The Kier molecular flexibility index (Phi) is 4.82. The van der Waals surface area contributed by atoms with Gasteiger partial charge in [0.05, 0.1) is 6.20 Å². The van der Waals surface area contributed by atoms with E-state index >= 15 is 0 Å². The largest absolute Gasteiger partial charge is 0.396 e. The Bertz CT molecular complexity index is 785. The molecule has 4 rings (SSSR count). The van der Waals surface area contributed by atoms with Gasteiger partial charge in [0.25, 0.3) is 0 Å². The number of piperidine rings is 1. The van der Waals surface area contributed by atoms with E-state index in [4.69, 9.17) is 0 Å². The molecular weight excluding hydrogens is 344 g/mol. The highest BCUT2D eigenvalue weighted by molar-refractivity contribution is 5.76. The molecule has 144 valence electrons. The minimum atomic E-state index is 0.0209. The van der Waals surface area contributed by atoms with Gasteiger partial charge in [0.2, 0.25) is 11.9 Å². The number of rotatable bonds is 4. The van der Waals surface area contributed by atoms with Gasteiger partial charge in [0.15, 0.2) is 0 Å². The van der Waals surface area contributed by atoms with Gasteiger partial charge in [0, 0.05) is 57.3 Å². The standard InChI is InChI=1S/C19H26N6O2/c1-15-9-22-25(10-15)12-17(27)23-7-3-19(4-8-23)14-24(11-16(19)13-26)18-20-5-2-6-21-18/h2,5-6,9-10,16,26H,3-4,7-8,11-14H2,1H3. The predicted molar refractivity (Wildman–Crippen MR) is 100 cm³/mol. The topological polar surface area (TPSA) is 87.4 Å². The molecule has 0 aliphatic carbocycles. The maximum absolute atomic E-state index is 12.6. The van der Waals surface area contributed by atoms with Crippen LogP contribution in [0.15, 0.2) is 30.9 Å². The number of aliphatic hydroxyl groups is 1. The van der Waals surface area contributed by atoms with Crippen molar-refractivity contribution in [2.24, 2.45) is 11.3 Å². The number of hydrogen-bond acceptors (Lipinski definition) is 6. The highest BCUT2D eigenvalue weighted by Gasteiger charge is 2.48. The van der Waals surface area contributed by atoms with Crippen molar-refractivity contribution in [2.45, 2.75) is 26.3 Å². The van der Waals surface area contributed by atoms with Crippen LogP contribution in [0, 0.1) is 18.3 Å². The molecule has 1 amide bonds. The van der Waals surface area contributed by atoms with Crippen LogP contribution in [0.5, 0.6) is 0 Å². The second-order valence-electron chi connectivity index (χ2n) is 7.77. The van der Waals surface area contributed by atoms with Crippen molar-refractivity contribution in [2.75, 3.05) is 37.7 Å². The number of aliphatic hydroxyl groups excluding tert-OH is 1. The number of carbonyl (C=O) groups excluding carboxylic acids is 1. The Morgan fingerprint density at radius 3 is 2.67 bits per heavy atom. The van der Waals surface area contributed by atoms with Gasteiger partial charge >= 0.3 is 0 Å². The van der Waals surface area contributed by atoms with E-state index in [9.17, 15) is 9.90 Å². The Morgan fingerprint density at radius 1 is 1.30 bits per heavy atom. The van der Waals surface area contributed by atoms with Crippen molar-refractivity contribution >= 4 is 11.9 Å². The highest BCUT2D eigenvalue weighted by atomic mass is 16.3. The van der Waals surface area contributed by atoms with E-state index in [1.54, 1.807) is 23.3 Å². The van der Waals surface area contributed by atoms with E-state index in [0.29, 0.717) is 0 Å². The van der Waals surface area contributed by atoms with E-state index in [1.165, 1.54) is 0 Å². The monoisotopic (exact) mass is 370 g/mol. The van der Waals surface area contributed by atoms with Crippen LogP contribution >= 0.6 is 0 Å². The van der Waals surface area contributed by atoms with Crippen LogP contribution in [0.1, 0.15) is 18.4 Å². The molecule has 0 bridgehead atoms. The maximum atomic E-state index is 12.6. The Balaban J connectivity index is 1.40. The molecule has 2 fully saturated rings. The average Bonchev–Trinajstić information content (AvgIpc) is 3.26. The number of aromatic nitrogens is 4. The molecule has 8 heteroatoms. The first-order valence-corrected chi connectivity index (χ1v) is 9.49. The van der Waals surface area contributed by atoms with Gasteiger partial charge in [0.1, 0.15) is 6.54 Å². The first-order valence-electron chi connectivity index (χ1n) is 9.49. The van der Waals surface area contributed by atoms with Crippen molar-refractivity contribution < 1.29 is 9.90 Å². The normalized spacial score (nSPS) is 21.8. The van der Waals surface area contributed by atoms with Gasteiger partial charge < -0.3 is 14.9 Å². The van der Waals surface area contributed by atoms with Crippen molar-refractivity contribution in [3.8, 4) is 0 Å². The van der Waals surface area contributed by atoms with E-state index in [-0.39, 0.29) is 30.4 Å². The van der Waals surface area contributed by atoms with Gasteiger partial charge in [-0.25, -0.2) is 9.97 Å². The summed E-state index contributed by atoms with van der Waals surface area (Å²) in [4.78, 5) is 25.4. The number of carbonyl (C=O) groups is 1. The molecule has 27 heavy (non-hydrogen) atoms. The minimum absolute atomic E-state index is 0.0209. The Labute approximate surface area is 158 Å². The van der Waals surface area contributed by atoms with Crippen LogP contribution in [0.3, 0.4) is 0 Å². The lowest BCUT2D eigenvalue weighted by Crippen LogP contribution is -2.48. The summed E-state index contributed by atoms with van der Waals surface area (Å²) in [7, 11) is 0. The van der Waals surface area contributed by atoms with E-state index in [2.05, 4.69) is 20.0 Å². The molecule has 0 radical (unpaired) electrons. The molecule has 1 unspecified atom stereocenters. The zero-order valence-electron chi connectivity index (χ0n) is 15.7. The van der Waals surface area contributed by atoms with Gasteiger partial charge in [-0.2, -0.15) is 5.10 Å². The van der Waals surface area contributed by atoms with Gasteiger partial charge in [-0.3, -0.25) is 9.48 Å². The van der Waals surface area contributed by atoms with E-state index in [1.807, 2.05) is 24.1 Å². The Morgan fingerprint density at radius 2 is 2.04 bits per heavy atom. The van der Waals surface area contributed by atoms with Crippen molar-refractivity contribution in [3.05, 3.63) is 36.4 Å². The molecule has 4 heterocycles. The zero-order valence-corrected chi connectivity index (χ0v) is 15.7. The SMILES string of the molecule is Cc1cnn(CC(=O)N2CCC3(CC2)CN(c2ncccn2)CC3CO)c1. The molecular formula is C19H26N6O2. The minimum Gasteiger partial charge on any atom is -0.396 e. The van der Waals surface area contributed by atoms with Crippen LogP contribution in [0.25, 0.3) is 0 Å². The first-order chi connectivity index (χ1) is 13.1. The molecule has 1 spiro atoms. The summed E-state index contributed by atoms with van der Waals surface area (Å²) in [5, 5.41) is 14.2. The second kappa shape index (κ2) is 7.26. The van der Waals surface area contributed by atoms with Crippen LogP contribution in [0.4, 0.5) is 5.95 Å². The zero-order chi connectivity index (χ0) is 18.9. The molecule has 2 aromatic rings. The van der Waals surface area contributed by atoms with Crippen molar-refractivity contribution in [1.82, 2.24) is 24.6 Å². The van der Waals surface area contributed by atoms with Crippen molar-refractivity contribution in [1.29, 1.82) is 0 Å². The molecule has 2 aromatic heterocycles. The lowest BCUT2D eigenvalue weighted by atomic mass is 9.71. The van der Waals surface area contributed by atoms with E-state index in [0.717, 1.165) is 50.5 Å². The fourth-order valence-electron chi connectivity index (χ4n) is 4.45. The predicted octanol–water partition coefficient (Wildman–Crippen LogP) is 0.719. The summed E-state index contributed by atoms with van der Waals surface area (Å²) in [6, 6.07) is 1.81. The summed E-state index contributed by atoms with van der Waals surface area (Å²) in [6.45, 7) is 5.45. The quantitative estimate of drug-likeness (QED) is 0.853. The van der Waals surface area contributed by atoms with Crippen LogP contribution in [-0.4, -0.2) is 68.4 Å². The average molecular weight is 370 g/mol. The molecule has 2 aliphatic rings. The number of hydrogen-bond donors (Lipinski definition) is 1. The summed E-state index contributed by atoms with van der Waals surface area (Å²) in [5.41, 5.74) is 1.08. The first kappa shape index (κ1) is 17.9. The molecule has 1 N–H and O–H groups in total. The summed E-state index contributed by atoms with van der Waals surface area (Å²) < 4.78 is 1.70. The lowest BCUT2D eigenvalue weighted by Gasteiger charge is -2.42. The lowest BCUT2D eigenvalue weighted by molar-refractivity contribution is -0.134. The third-order valence-electron chi connectivity index (χ3n) is 6.04. The van der Waals surface area contributed by atoms with Crippen LogP contribution in [0.2, 0.25) is 0 Å². The summed E-state index contributed by atoms with van der Waals surface area (Å²) >= 11 is 0. The number of likely N-dealkylation sites (tertiary alicyclic amines) is 1. The molecule has 0 aromatic carbocycles. The van der Waals surface area contributed by atoms with Gasteiger partial charge in [-0.05, 0) is 36.8 Å². The third kappa shape index (κ3) is 3.53. The smallest absolute Gasteiger partial charge is 0.244 e.